The van der Waals surface area contributed by atoms with Crippen LogP contribution in [0, 0.1) is 0 Å². The van der Waals surface area contributed by atoms with Crippen LogP contribution in [-0.2, 0) is 30.2 Å². The molecular formula is C11H21LiN2O7S3. The maximum absolute atomic E-state index is 11.6. The van der Waals surface area contributed by atoms with Crippen molar-refractivity contribution in [1.29, 1.82) is 0 Å². The van der Waals surface area contributed by atoms with Gasteiger partial charge in [0, 0.05) is 6.26 Å². The van der Waals surface area contributed by atoms with Crippen LogP contribution in [0.5, 0.6) is 0 Å². The molecule has 1 aromatic rings. The Morgan fingerprint density at radius 3 is 1.62 bits per heavy atom. The zero-order valence-electron chi connectivity index (χ0n) is 14.4. The summed E-state index contributed by atoms with van der Waals surface area (Å²) in [6, 6.07) is 5.75. The molecule has 2 N–H and O–H groups in total. The molecule has 0 unspecified atom stereocenters. The number of nitrogens with one attached hydrogen (secondary N) is 2. The molecule has 0 atom stereocenters. The molecule has 0 aliphatic heterocycles. The minimum atomic E-state index is -3.92. The fourth-order valence-corrected chi connectivity index (χ4v) is 2.62. The molecule has 24 heavy (non-hydrogen) atoms. The van der Waals surface area contributed by atoms with Crippen LogP contribution in [-0.4, -0.2) is 49.4 Å². The number of rotatable bonds is 4. The molecule has 13 heteroatoms. The van der Waals surface area contributed by atoms with Crippen LogP contribution < -0.4 is 28.3 Å². The molecule has 136 valence electrons. The van der Waals surface area contributed by atoms with Gasteiger partial charge in [0.1, 0.15) is 4.90 Å². The fourth-order valence-electron chi connectivity index (χ4n) is 1.09. The molecule has 0 fully saturated rings. The molecular weight excluding hydrogens is 375 g/mol. The Morgan fingerprint density at radius 2 is 1.29 bits per heavy atom. The van der Waals surface area contributed by atoms with E-state index in [4.69, 9.17) is 13.0 Å². The normalized spacial score (nSPS) is 10.9. The van der Waals surface area contributed by atoms with Crippen molar-refractivity contribution in [2.45, 2.75) is 18.7 Å². The molecule has 0 radical (unpaired) electrons. The van der Waals surface area contributed by atoms with Crippen molar-refractivity contribution in [3.05, 3.63) is 24.3 Å². The van der Waals surface area contributed by atoms with E-state index in [2.05, 4.69) is 9.44 Å². The van der Waals surface area contributed by atoms with E-state index in [1.807, 2.05) is 13.8 Å². The van der Waals surface area contributed by atoms with Crippen LogP contribution in [0.2, 0.25) is 0 Å². The second-order valence-electron chi connectivity index (χ2n) is 3.78. The van der Waals surface area contributed by atoms with Gasteiger partial charge in [-0.05, 0) is 19.2 Å². The largest absolute Gasteiger partial charge is 1.00 e. The molecule has 9 nitrogen and oxygen atoms in total. The van der Waals surface area contributed by atoms with E-state index in [0.29, 0.717) is 6.26 Å². The van der Waals surface area contributed by atoms with Gasteiger partial charge in [-0.1, -0.05) is 26.0 Å². The molecule has 0 saturated heterocycles. The molecule has 1 rings (SSSR count). The first kappa shape index (κ1) is 28.2. The maximum atomic E-state index is 11.6. The second-order valence-corrected chi connectivity index (χ2v) is 8.79. The Balaban J connectivity index is -0.000000474. The van der Waals surface area contributed by atoms with E-state index < -0.39 is 30.2 Å². The minimum Gasteiger partial charge on any atom is -0.748 e. The van der Waals surface area contributed by atoms with E-state index in [9.17, 15) is 16.8 Å². The zero-order valence-corrected chi connectivity index (χ0v) is 16.8. The average Bonchev–Trinajstić information content (AvgIpc) is 2.38. The molecule has 0 aromatic heterocycles. The summed E-state index contributed by atoms with van der Waals surface area (Å²) >= 11 is 0. The predicted octanol–water partition coefficient (Wildman–Crippen LogP) is -2.84. The molecule has 0 bridgehead atoms. The summed E-state index contributed by atoms with van der Waals surface area (Å²) in [6.45, 7) is 4.00. The van der Waals surface area contributed by atoms with Crippen molar-refractivity contribution in [2.75, 3.05) is 24.3 Å². The number of anilines is 1. The number of hydrogen-bond donors (Lipinski definition) is 2. The van der Waals surface area contributed by atoms with E-state index in [1.165, 1.54) is 25.2 Å². The van der Waals surface area contributed by atoms with Crippen LogP contribution in [0.15, 0.2) is 29.2 Å². The van der Waals surface area contributed by atoms with Gasteiger partial charge in [-0.25, -0.2) is 30.0 Å². The van der Waals surface area contributed by atoms with Crippen LogP contribution in [0.4, 0.5) is 5.69 Å². The van der Waals surface area contributed by atoms with E-state index in [-0.39, 0.29) is 29.4 Å². The second kappa shape index (κ2) is 11.9. The third-order valence-corrected chi connectivity index (χ3v) is 3.80. The van der Waals surface area contributed by atoms with Crippen molar-refractivity contribution in [3.8, 4) is 0 Å². The third kappa shape index (κ3) is 14.9. The monoisotopic (exact) mass is 396 g/mol. The van der Waals surface area contributed by atoms with Crippen molar-refractivity contribution in [1.82, 2.24) is 4.72 Å². The molecule has 0 heterocycles. The summed E-state index contributed by atoms with van der Waals surface area (Å²) in [5.74, 6) is 0. The van der Waals surface area contributed by atoms with Crippen molar-refractivity contribution in [2.24, 2.45) is 0 Å². The average molecular weight is 396 g/mol. The number of para-hydroxylation sites is 1. The number of benzene rings is 1. The summed E-state index contributed by atoms with van der Waals surface area (Å²) in [5, 5.41) is 0. The molecule has 0 aliphatic rings. The topological polar surface area (TPSA) is 150 Å². The van der Waals surface area contributed by atoms with Crippen molar-refractivity contribution >= 4 is 35.9 Å². The van der Waals surface area contributed by atoms with Gasteiger partial charge in [0.05, 0.1) is 22.1 Å². The van der Waals surface area contributed by atoms with Gasteiger partial charge >= 0.3 is 18.9 Å². The molecule has 0 spiro atoms. The molecule has 1 aromatic carbocycles. The van der Waals surface area contributed by atoms with E-state index in [0.717, 1.165) is 6.26 Å². The van der Waals surface area contributed by atoms with Gasteiger partial charge in [-0.3, -0.25) is 4.72 Å². The summed E-state index contributed by atoms with van der Waals surface area (Å²) in [7, 11) is -9.85. The maximum Gasteiger partial charge on any atom is 1.00 e. The summed E-state index contributed by atoms with van der Waals surface area (Å²) < 4.78 is 76.7. The predicted molar refractivity (Wildman–Crippen MR) is 88.1 cm³/mol. The van der Waals surface area contributed by atoms with Gasteiger partial charge in [0.15, 0.2) is 0 Å². The Morgan fingerprint density at radius 1 is 0.917 bits per heavy atom. The molecule has 0 aliphatic carbocycles. The smallest absolute Gasteiger partial charge is 0.748 e. The van der Waals surface area contributed by atoms with Crippen LogP contribution in [0.25, 0.3) is 0 Å². The van der Waals surface area contributed by atoms with Gasteiger partial charge in [-0.2, -0.15) is 0 Å². The molecule has 0 saturated carbocycles. The zero-order chi connectivity index (χ0) is 18.9. The van der Waals surface area contributed by atoms with Gasteiger partial charge < -0.3 is 4.55 Å². The summed E-state index contributed by atoms with van der Waals surface area (Å²) in [5.41, 5.74) is 0.0272. The van der Waals surface area contributed by atoms with Gasteiger partial charge in [-0.15, -0.1) is 0 Å². The Bertz CT molecular complexity index is 783. The summed E-state index contributed by atoms with van der Waals surface area (Å²) in [4.78, 5) is -0.108. The molecule has 0 amide bonds. The first-order chi connectivity index (χ1) is 10.3. The van der Waals surface area contributed by atoms with Crippen LogP contribution >= 0.6 is 0 Å². The summed E-state index contributed by atoms with van der Waals surface area (Å²) in [6.07, 6.45) is 1.56. The Kier molecular flexibility index (Phi) is 13.9. The number of hydrogen-bond acceptors (Lipinski definition) is 7. The van der Waals surface area contributed by atoms with Gasteiger partial charge in [0.2, 0.25) is 20.0 Å². The Labute approximate surface area is 156 Å². The Hall–Kier alpha value is -0.613. The number of sulfonamides is 2. The SMILES string of the molecule is CC.CNS(=O)(=O)c1ccccc1NS(C)(=O)=O.CS(=O)(=O)[O-].[Li+]. The van der Waals surface area contributed by atoms with Crippen molar-refractivity contribution in [3.63, 3.8) is 0 Å². The third-order valence-electron chi connectivity index (χ3n) is 1.74. The van der Waals surface area contributed by atoms with E-state index in [1.54, 1.807) is 6.07 Å². The van der Waals surface area contributed by atoms with Crippen LogP contribution in [0.1, 0.15) is 13.8 Å². The van der Waals surface area contributed by atoms with Crippen LogP contribution in [0.3, 0.4) is 0 Å². The standard InChI is InChI=1S/C8H12N2O4S2.C2H6.CH4O3S.Li/c1-9-16(13,14)8-6-4-3-5-7(8)10-15(2,11)12;1-2;1-5(2,3)4;/h3-6,9-10H,1-2H3;1-2H3;1H3,(H,2,3,4);/q;;;+1/p-1. The van der Waals surface area contributed by atoms with E-state index >= 15 is 0 Å². The van der Waals surface area contributed by atoms with Gasteiger partial charge in [0.25, 0.3) is 0 Å². The first-order valence-electron chi connectivity index (χ1n) is 6.17. The van der Waals surface area contributed by atoms with Crippen molar-refractivity contribution < 1.29 is 48.7 Å². The quantitative estimate of drug-likeness (QED) is 0.411. The fraction of sp³-hybridized carbons (Fsp3) is 0.455. The minimum absolute atomic E-state index is 0. The first-order valence-corrected chi connectivity index (χ1v) is 11.4.